The van der Waals surface area contributed by atoms with E-state index in [1.54, 1.807) is 0 Å². The Balaban J connectivity index is 2.30. The fourth-order valence-corrected chi connectivity index (χ4v) is 2.13. The highest BCUT2D eigenvalue weighted by Crippen LogP contribution is 2.17. The van der Waals surface area contributed by atoms with Crippen LogP contribution in [0.25, 0.3) is 0 Å². The van der Waals surface area contributed by atoms with Crippen molar-refractivity contribution in [3.63, 3.8) is 0 Å². The van der Waals surface area contributed by atoms with E-state index in [0.717, 1.165) is 13.1 Å². The Kier molecular flexibility index (Phi) is 3.77. The second-order valence-electron chi connectivity index (χ2n) is 3.31. The van der Waals surface area contributed by atoms with Crippen LogP contribution in [-0.4, -0.2) is 37.0 Å². The highest BCUT2D eigenvalue weighted by molar-refractivity contribution is 7.17. The van der Waals surface area contributed by atoms with E-state index in [4.69, 9.17) is 4.74 Å². The number of nitrogens with zero attached hydrogens (tertiary/aromatic N) is 1. The van der Waals surface area contributed by atoms with Crippen LogP contribution in [0.3, 0.4) is 0 Å². The summed E-state index contributed by atoms with van der Waals surface area (Å²) < 4.78 is 5.72. The minimum Gasteiger partial charge on any atom is -0.368 e. The normalized spacial score (nSPS) is 34.1. The van der Waals surface area contributed by atoms with Gasteiger partial charge in [0.05, 0.1) is 11.9 Å². The smallest absolute Gasteiger partial charge is 0.0838 e. The molecule has 66 valence electrons. The van der Waals surface area contributed by atoms with Crippen molar-refractivity contribution >= 4 is 9.24 Å². The molecule has 0 radical (unpaired) electrons. The number of hydrogen-bond acceptors (Lipinski definition) is 2. The van der Waals surface area contributed by atoms with Crippen LogP contribution in [0.5, 0.6) is 0 Å². The van der Waals surface area contributed by atoms with Gasteiger partial charge in [-0.05, 0) is 13.5 Å². The van der Waals surface area contributed by atoms with Crippen LogP contribution in [0.1, 0.15) is 19.8 Å². The molecule has 1 saturated heterocycles. The van der Waals surface area contributed by atoms with Crippen molar-refractivity contribution in [2.24, 2.45) is 0 Å². The largest absolute Gasteiger partial charge is 0.368 e. The number of ether oxygens (including phenoxy) is 1. The van der Waals surface area contributed by atoms with E-state index in [-0.39, 0.29) is 0 Å². The predicted octanol–water partition coefficient (Wildman–Crippen LogP) is 1.32. The maximum atomic E-state index is 5.72. The number of likely N-dealkylation sites (N-methyl/N-ethyl adjacent to an activating group) is 1. The Bertz CT molecular complexity index is 111. The molecule has 1 fully saturated rings. The Morgan fingerprint density at radius 1 is 1.55 bits per heavy atom. The molecule has 0 spiro atoms. The van der Waals surface area contributed by atoms with Crippen molar-refractivity contribution in [2.75, 3.05) is 20.1 Å². The monoisotopic (exact) mass is 175 g/mol. The van der Waals surface area contributed by atoms with Crippen molar-refractivity contribution in [3.8, 4) is 0 Å². The molecule has 3 heteroatoms. The molecule has 0 aromatic rings. The van der Waals surface area contributed by atoms with Crippen LogP contribution in [0.15, 0.2) is 0 Å². The summed E-state index contributed by atoms with van der Waals surface area (Å²) >= 11 is 0. The van der Waals surface area contributed by atoms with Gasteiger partial charge in [0, 0.05) is 13.1 Å². The van der Waals surface area contributed by atoms with Gasteiger partial charge in [-0.1, -0.05) is 13.3 Å². The maximum absolute atomic E-state index is 5.72. The van der Waals surface area contributed by atoms with E-state index in [0.29, 0.717) is 11.9 Å². The first-order valence-electron chi connectivity index (χ1n) is 4.32. The SMILES string of the molecule is CCCC1CN(C)CC(P)O1. The van der Waals surface area contributed by atoms with Gasteiger partial charge in [0.1, 0.15) is 0 Å². The second kappa shape index (κ2) is 4.39. The molecular formula is C8H18NOP. The highest BCUT2D eigenvalue weighted by Gasteiger charge is 2.21. The summed E-state index contributed by atoms with van der Waals surface area (Å²) in [5, 5.41) is 0. The molecule has 1 aliphatic heterocycles. The van der Waals surface area contributed by atoms with E-state index in [1.165, 1.54) is 12.8 Å². The van der Waals surface area contributed by atoms with Gasteiger partial charge < -0.3 is 9.64 Å². The van der Waals surface area contributed by atoms with Gasteiger partial charge in [-0.15, -0.1) is 9.24 Å². The number of rotatable bonds is 2. The predicted molar refractivity (Wildman–Crippen MR) is 50.8 cm³/mol. The zero-order chi connectivity index (χ0) is 8.27. The molecule has 11 heavy (non-hydrogen) atoms. The Morgan fingerprint density at radius 2 is 2.27 bits per heavy atom. The lowest BCUT2D eigenvalue weighted by atomic mass is 10.2. The van der Waals surface area contributed by atoms with E-state index < -0.39 is 0 Å². The summed E-state index contributed by atoms with van der Waals surface area (Å²) in [6.45, 7) is 4.35. The summed E-state index contributed by atoms with van der Waals surface area (Å²) in [5.41, 5.74) is 0. The molecular weight excluding hydrogens is 157 g/mol. The lowest BCUT2D eigenvalue weighted by molar-refractivity contribution is -0.0414. The summed E-state index contributed by atoms with van der Waals surface area (Å²) in [4.78, 5) is 2.33. The fourth-order valence-electron chi connectivity index (χ4n) is 1.54. The zero-order valence-electron chi connectivity index (χ0n) is 7.42. The zero-order valence-corrected chi connectivity index (χ0v) is 8.57. The molecule has 0 N–H and O–H groups in total. The molecule has 1 aliphatic rings. The molecule has 0 saturated carbocycles. The molecule has 3 atom stereocenters. The fraction of sp³-hybridized carbons (Fsp3) is 1.00. The number of morpholine rings is 1. The Labute approximate surface area is 71.5 Å². The molecule has 0 aromatic heterocycles. The maximum Gasteiger partial charge on any atom is 0.0838 e. The molecule has 0 aliphatic carbocycles. The van der Waals surface area contributed by atoms with Crippen molar-refractivity contribution < 1.29 is 4.74 Å². The summed E-state index contributed by atoms with van der Waals surface area (Å²) in [6, 6.07) is 0. The van der Waals surface area contributed by atoms with Gasteiger partial charge in [0.25, 0.3) is 0 Å². The van der Waals surface area contributed by atoms with Gasteiger partial charge in [-0.25, -0.2) is 0 Å². The highest BCUT2D eigenvalue weighted by atomic mass is 31.0. The average molecular weight is 175 g/mol. The van der Waals surface area contributed by atoms with Crippen molar-refractivity contribution in [1.82, 2.24) is 4.90 Å². The van der Waals surface area contributed by atoms with Gasteiger partial charge >= 0.3 is 0 Å². The first kappa shape index (κ1) is 9.44. The van der Waals surface area contributed by atoms with Gasteiger partial charge in [-0.3, -0.25) is 0 Å². The van der Waals surface area contributed by atoms with E-state index in [9.17, 15) is 0 Å². The van der Waals surface area contributed by atoms with Gasteiger partial charge in [0.2, 0.25) is 0 Å². The lowest BCUT2D eigenvalue weighted by Crippen LogP contribution is -2.43. The third-order valence-electron chi connectivity index (χ3n) is 1.98. The lowest BCUT2D eigenvalue weighted by Gasteiger charge is -2.34. The minimum atomic E-state index is 0.338. The summed E-state index contributed by atoms with van der Waals surface area (Å²) in [6.07, 6.45) is 2.87. The van der Waals surface area contributed by atoms with Crippen molar-refractivity contribution in [1.29, 1.82) is 0 Å². The number of hydrogen-bond donors (Lipinski definition) is 0. The third-order valence-corrected chi connectivity index (χ3v) is 2.35. The van der Waals surface area contributed by atoms with Gasteiger partial charge in [-0.2, -0.15) is 0 Å². The molecule has 2 nitrogen and oxygen atoms in total. The molecule has 0 bridgehead atoms. The summed E-state index contributed by atoms with van der Waals surface area (Å²) in [5.74, 6) is 0.338. The van der Waals surface area contributed by atoms with Crippen LogP contribution in [0.4, 0.5) is 0 Å². The van der Waals surface area contributed by atoms with Crippen LogP contribution in [0.2, 0.25) is 0 Å². The third kappa shape index (κ3) is 3.06. The summed E-state index contributed by atoms with van der Waals surface area (Å²) in [7, 11) is 4.89. The Morgan fingerprint density at radius 3 is 2.82 bits per heavy atom. The van der Waals surface area contributed by atoms with Crippen LogP contribution >= 0.6 is 9.24 Å². The van der Waals surface area contributed by atoms with Gasteiger partial charge in [0.15, 0.2) is 0 Å². The molecule has 0 amide bonds. The first-order valence-corrected chi connectivity index (χ1v) is 4.98. The quantitative estimate of drug-likeness (QED) is 0.587. The van der Waals surface area contributed by atoms with Crippen LogP contribution in [0, 0.1) is 0 Å². The standard InChI is InChI=1S/C8H18NOP/c1-3-4-7-5-9(2)6-8(11)10-7/h7-8H,3-6,11H2,1-2H3. The Hall–Kier alpha value is 0.350. The van der Waals surface area contributed by atoms with Crippen LogP contribution in [-0.2, 0) is 4.74 Å². The first-order chi connectivity index (χ1) is 5.22. The van der Waals surface area contributed by atoms with Crippen molar-refractivity contribution in [3.05, 3.63) is 0 Å². The average Bonchev–Trinajstić information content (AvgIpc) is 1.85. The molecule has 0 aromatic carbocycles. The molecule has 3 unspecified atom stereocenters. The van der Waals surface area contributed by atoms with E-state index >= 15 is 0 Å². The minimum absolute atomic E-state index is 0.338. The molecule has 1 heterocycles. The van der Waals surface area contributed by atoms with Crippen molar-refractivity contribution in [2.45, 2.75) is 31.7 Å². The molecule has 1 rings (SSSR count). The second-order valence-corrected chi connectivity index (χ2v) is 4.05. The van der Waals surface area contributed by atoms with E-state index in [2.05, 4.69) is 28.1 Å². The van der Waals surface area contributed by atoms with Crippen LogP contribution < -0.4 is 0 Å². The van der Waals surface area contributed by atoms with E-state index in [1.807, 2.05) is 0 Å². The topological polar surface area (TPSA) is 12.5 Å².